The fourth-order valence-electron chi connectivity index (χ4n) is 3.27. The molecular weight excluding hydrogens is 416 g/mol. The summed E-state index contributed by atoms with van der Waals surface area (Å²) in [6, 6.07) is 7.05. The number of aryl methyl sites for hydroxylation is 2. The number of phenolic OH excluding ortho intramolecular Hbond substituents is 1. The summed E-state index contributed by atoms with van der Waals surface area (Å²) < 4.78 is 66.7. The SMILES string of the molecule is CCCCc1ccc(-c2c(O)ccc(S(=O)(=O)O)c2S(=O)(=O)O)c(CCCC)c1. The van der Waals surface area contributed by atoms with Crippen molar-refractivity contribution in [3.05, 3.63) is 41.5 Å². The Labute approximate surface area is 171 Å². The number of aromatic hydroxyl groups is 1. The molecule has 0 fully saturated rings. The second-order valence-corrected chi connectivity index (χ2v) is 9.68. The van der Waals surface area contributed by atoms with Gasteiger partial charge in [-0.25, -0.2) is 0 Å². The highest BCUT2D eigenvalue weighted by Crippen LogP contribution is 2.41. The molecule has 0 radical (unpaired) electrons. The lowest BCUT2D eigenvalue weighted by molar-refractivity contribution is 0.458. The van der Waals surface area contributed by atoms with Crippen molar-refractivity contribution in [3.63, 3.8) is 0 Å². The molecule has 0 spiro atoms. The van der Waals surface area contributed by atoms with Crippen molar-refractivity contribution in [1.82, 2.24) is 0 Å². The van der Waals surface area contributed by atoms with Crippen LogP contribution in [-0.2, 0) is 33.1 Å². The highest BCUT2D eigenvalue weighted by Gasteiger charge is 2.31. The molecule has 3 N–H and O–H groups in total. The Kier molecular flexibility index (Phi) is 7.45. The monoisotopic (exact) mass is 442 g/mol. The van der Waals surface area contributed by atoms with Crippen LogP contribution in [-0.4, -0.2) is 31.0 Å². The second-order valence-electron chi connectivity index (χ2n) is 6.94. The predicted molar refractivity (Wildman–Crippen MR) is 110 cm³/mol. The Balaban J connectivity index is 2.85. The fraction of sp³-hybridized carbons (Fsp3) is 0.400. The molecule has 0 aliphatic carbocycles. The zero-order valence-electron chi connectivity index (χ0n) is 16.4. The first-order valence-corrected chi connectivity index (χ1v) is 12.3. The molecule has 0 saturated carbocycles. The summed E-state index contributed by atoms with van der Waals surface area (Å²) in [4.78, 5) is -2.01. The van der Waals surface area contributed by atoms with Crippen LogP contribution in [0.2, 0.25) is 0 Å². The number of hydrogen-bond donors (Lipinski definition) is 3. The van der Waals surface area contributed by atoms with E-state index in [0.717, 1.165) is 55.4 Å². The van der Waals surface area contributed by atoms with E-state index in [-0.39, 0.29) is 5.56 Å². The lowest BCUT2D eigenvalue weighted by Gasteiger charge is -2.17. The third-order valence-corrected chi connectivity index (χ3v) is 6.66. The lowest BCUT2D eigenvalue weighted by Crippen LogP contribution is -2.11. The lowest BCUT2D eigenvalue weighted by atomic mass is 9.92. The van der Waals surface area contributed by atoms with Crippen molar-refractivity contribution in [1.29, 1.82) is 0 Å². The van der Waals surface area contributed by atoms with E-state index in [2.05, 4.69) is 6.92 Å². The molecule has 9 heteroatoms. The molecule has 0 amide bonds. The smallest absolute Gasteiger partial charge is 0.296 e. The third-order valence-electron chi connectivity index (χ3n) is 4.69. The van der Waals surface area contributed by atoms with Crippen LogP contribution >= 0.6 is 0 Å². The Morgan fingerprint density at radius 2 is 1.45 bits per heavy atom. The molecule has 0 heterocycles. The van der Waals surface area contributed by atoms with E-state index < -0.39 is 35.8 Å². The van der Waals surface area contributed by atoms with E-state index in [0.29, 0.717) is 12.0 Å². The first kappa shape index (κ1) is 23.3. The van der Waals surface area contributed by atoms with Crippen LogP contribution in [0.25, 0.3) is 11.1 Å². The maximum atomic E-state index is 12.0. The standard InChI is InChI=1S/C20H26O7S2/c1-3-5-7-14-9-10-16(15(13-14)8-6-4-2)19-17(21)11-12-18(28(22,23)24)20(19)29(25,26)27/h9-13,21H,3-8H2,1-2H3,(H,22,23,24)(H,25,26,27). The first-order valence-electron chi connectivity index (χ1n) is 9.43. The van der Waals surface area contributed by atoms with Gasteiger partial charge in [0.25, 0.3) is 20.2 Å². The highest BCUT2D eigenvalue weighted by molar-refractivity contribution is 7.89. The fourth-order valence-corrected chi connectivity index (χ4v) is 5.28. The van der Waals surface area contributed by atoms with Gasteiger partial charge in [0.05, 0.1) is 0 Å². The summed E-state index contributed by atoms with van der Waals surface area (Å²) in [5, 5.41) is 10.4. The van der Waals surface area contributed by atoms with E-state index in [1.165, 1.54) is 0 Å². The van der Waals surface area contributed by atoms with Crippen molar-refractivity contribution in [2.24, 2.45) is 0 Å². The van der Waals surface area contributed by atoms with Gasteiger partial charge >= 0.3 is 0 Å². The molecule has 29 heavy (non-hydrogen) atoms. The molecule has 0 aliphatic rings. The van der Waals surface area contributed by atoms with Crippen LogP contribution in [0.1, 0.15) is 50.7 Å². The molecule has 0 aromatic heterocycles. The topological polar surface area (TPSA) is 129 Å². The zero-order chi connectivity index (χ0) is 21.8. The van der Waals surface area contributed by atoms with Crippen LogP contribution in [0.4, 0.5) is 0 Å². The van der Waals surface area contributed by atoms with Crippen molar-refractivity contribution >= 4 is 20.2 Å². The molecule has 2 aromatic rings. The summed E-state index contributed by atoms with van der Waals surface area (Å²) in [7, 11) is -10.0. The van der Waals surface area contributed by atoms with Gasteiger partial charge in [-0.3, -0.25) is 9.11 Å². The van der Waals surface area contributed by atoms with Crippen LogP contribution in [0.3, 0.4) is 0 Å². The Morgan fingerprint density at radius 3 is 2.00 bits per heavy atom. The summed E-state index contributed by atoms with van der Waals surface area (Å²) in [5.41, 5.74) is 1.73. The minimum absolute atomic E-state index is 0.300. The van der Waals surface area contributed by atoms with E-state index in [1.807, 2.05) is 13.0 Å². The summed E-state index contributed by atoms with van der Waals surface area (Å²) in [6.07, 6.45) is 5.07. The van der Waals surface area contributed by atoms with E-state index in [1.54, 1.807) is 12.1 Å². The maximum Gasteiger partial charge on any atom is 0.296 e. The molecule has 0 bridgehead atoms. The normalized spacial score (nSPS) is 12.3. The Morgan fingerprint density at radius 1 is 0.828 bits per heavy atom. The molecular formula is C20H26O7S2. The zero-order valence-corrected chi connectivity index (χ0v) is 18.1. The van der Waals surface area contributed by atoms with Gasteiger partial charge in [-0.05, 0) is 54.5 Å². The summed E-state index contributed by atoms with van der Waals surface area (Å²) in [6.45, 7) is 4.07. The van der Waals surface area contributed by atoms with Crippen LogP contribution in [0.5, 0.6) is 5.75 Å². The van der Waals surface area contributed by atoms with Gasteiger partial charge in [0.2, 0.25) is 0 Å². The maximum absolute atomic E-state index is 12.0. The van der Waals surface area contributed by atoms with Crippen LogP contribution < -0.4 is 0 Å². The molecule has 2 aromatic carbocycles. The molecule has 2 rings (SSSR count). The quantitative estimate of drug-likeness (QED) is 0.495. The minimum atomic E-state index is -5.08. The van der Waals surface area contributed by atoms with Gasteiger partial charge in [-0.2, -0.15) is 16.8 Å². The molecule has 7 nitrogen and oxygen atoms in total. The van der Waals surface area contributed by atoms with Gasteiger partial charge < -0.3 is 5.11 Å². The summed E-state index contributed by atoms with van der Waals surface area (Å²) in [5.74, 6) is -0.510. The third kappa shape index (κ3) is 5.57. The summed E-state index contributed by atoms with van der Waals surface area (Å²) >= 11 is 0. The molecule has 0 saturated heterocycles. The molecule has 0 atom stereocenters. The number of unbranched alkanes of at least 4 members (excludes halogenated alkanes) is 2. The predicted octanol–water partition coefficient (Wildman–Crippen LogP) is 4.24. The van der Waals surface area contributed by atoms with Crippen LogP contribution in [0, 0.1) is 0 Å². The average molecular weight is 443 g/mol. The van der Waals surface area contributed by atoms with Crippen LogP contribution in [0.15, 0.2) is 40.1 Å². The number of rotatable bonds is 9. The van der Waals surface area contributed by atoms with E-state index in [9.17, 15) is 31.0 Å². The van der Waals surface area contributed by atoms with E-state index >= 15 is 0 Å². The molecule has 0 aliphatic heterocycles. The van der Waals surface area contributed by atoms with Gasteiger partial charge in [0, 0.05) is 5.56 Å². The average Bonchev–Trinajstić information content (AvgIpc) is 2.63. The number of phenols is 1. The van der Waals surface area contributed by atoms with Gasteiger partial charge in [0.15, 0.2) is 0 Å². The van der Waals surface area contributed by atoms with Crippen molar-refractivity contribution < 1.29 is 31.0 Å². The van der Waals surface area contributed by atoms with Crippen molar-refractivity contribution in [3.8, 4) is 16.9 Å². The van der Waals surface area contributed by atoms with Gasteiger partial charge in [0.1, 0.15) is 15.5 Å². The minimum Gasteiger partial charge on any atom is -0.507 e. The molecule has 0 unspecified atom stereocenters. The number of benzene rings is 2. The Hall–Kier alpha value is -1.94. The highest BCUT2D eigenvalue weighted by atomic mass is 32.2. The first-order chi connectivity index (χ1) is 13.5. The van der Waals surface area contributed by atoms with E-state index in [4.69, 9.17) is 0 Å². The molecule has 160 valence electrons. The van der Waals surface area contributed by atoms with Gasteiger partial charge in [-0.15, -0.1) is 0 Å². The largest absolute Gasteiger partial charge is 0.507 e. The van der Waals surface area contributed by atoms with Gasteiger partial charge in [-0.1, -0.05) is 44.9 Å². The number of hydrogen-bond acceptors (Lipinski definition) is 5. The Bertz CT molecular complexity index is 1090. The second kappa shape index (κ2) is 9.25. The van der Waals surface area contributed by atoms with Crippen molar-refractivity contribution in [2.45, 2.75) is 62.2 Å². The van der Waals surface area contributed by atoms with Crippen molar-refractivity contribution in [2.75, 3.05) is 0 Å².